The van der Waals surface area contributed by atoms with E-state index in [1.165, 1.54) is 49.4 Å². The van der Waals surface area contributed by atoms with Crippen molar-refractivity contribution in [1.82, 2.24) is 4.98 Å². The second kappa shape index (κ2) is 9.37. The number of aromatic nitrogens is 1. The van der Waals surface area contributed by atoms with Crippen molar-refractivity contribution in [3.8, 4) is 5.75 Å². The number of anilines is 3. The molecule has 0 aliphatic rings. The number of pyridine rings is 1. The molecule has 0 spiro atoms. The van der Waals surface area contributed by atoms with E-state index in [1.54, 1.807) is 30.3 Å². The average molecular weight is 428 g/mol. The van der Waals surface area contributed by atoms with Gasteiger partial charge < -0.3 is 10.1 Å². The molecule has 0 aliphatic carbocycles. The molecule has 1 aromatic heterocycles. The van der Waals surface area contributed by atoms with Crippen molar-refractivity contribution < 1.29 is 18.7 Å². The smallest absolute Gasteiger partial charge is 0.229 e. The molecule has 30 heavy (non-hydrogen) atoms. The quantitative estimate of drug-likeness (QED) is 0.616. The Morgan fingerprint density at radius 1 is 1.17 bits per heavy atom. The minimum absolute atomic E-state index is 0.0921. The summed E-state index contributed by atoms with van der Waals surface area (Å²) >= 11 is 6.10. The summed E-state index contributed by atoms with van der Waals surface area (Å²) in [6.45, 7) is 1.34. The molecule has 0 unspecified atom stereocenters. The molecule has 0 bridgehead atoms. The lowest BCUT2D eigenvalue weighted by Crippen LogP contribution is -2.24. The van der Waals surface area contributed by atoms with Gasteiger partial charge in [-0.25, -0.2) is 9.37 Å². The molecular weight excluding hydrogens is 409 g/mol. The van der Waals surface area contributed by atoms with Gasteiger partial charge in [0.15, 0.2) is 0 Å². The first-order chi connectivity index (χ1) is 14.4. The van der Waals surface area contributed by atoms with Crippen LogP contribution in [0, 0.1) is 5.82 Å². The number of halogens is 2. The van der Waals surface area contributed by atoms with E-state index >= 15 is 0 Å². The Bertz CT molecular complexity index is 1090. The number of benzene rings is 2. The number of carbonyl (C=O) groups is 2. The lowest BCUT2D eigenvalue weighted by atomic mass is 10.1. The third kappa shape index (κ3) is 5.12. The van der Waals surface area contributed by atoms with Gasteiger partial charge in [-0.3, -0.25) is 14.5 Å². The number of rotatable bonds is 6. The molecule has 6 nitrogen and oxygen atoms in total. The molecule has 1 N–H and O–H groups in total. The van der Waals surface area contributed by atoms with Crippen LogP contribution in [0.15, 0.2) is 60.8 Å². The van der Waals surface area contributed by atoms with Crippen molar-refractivity contribution in [3.63, 3.8) is 0 Å². The Morgan fingerprint density at radius 2 is 1.93 bits per heavy atom. The predicted molar refractivity (Wildman–Crippen MR) is 114 cm³/mol. The van der Waals surface area contributed by atoms with Gasteiger partial charge in [-0.15, -0.1) is 0 Å². The second-order valence-corrected chi connectivity index (χ2v) is 6.83. The number of hydrogen-bond donors (Lipinski definition) is 1. The molecular formula is C22H19ClFN3O3. The highest BCUT2D eigenvalue weighted by Crippen LogP contribution is 2.30. The van der Waals surface area contributed by atoms with Crippen LogP contribution in [-0.4, -0.2) is 23.9 Å². The third-order valence-corrected chi connectivity index (χ3v) is 4.60. The van der Waals surface area contributed by atoms with Gasteiger partial charge in [-0.05, 0) is 23.8 Å². The van der Waals surface area contributed by atoms with Crippen LogP contribution < -0.4 is 15.0 Å². The third-order valence-electron chi connectivity index (χ3n) is 4.23. The largest absolute Gasteiger partial charge is 0.497 e. The summed E-state index contributed by atoms with van der Waals surface area (Å²) in [5.74, 6) is -0.720. The summed E-state index contributed by atoms with van der Waals surface area (Å²) in [7, 11) is 1.41. The van der Waals surface area contributed by atoms with E-state index < -0.39 is 5.82 Å². The van der Waals surface area contributed by atoms with Crippen molar-refractivity contribution in [2.45, 2.75) is 13.3 Å². The molecule has 2 aromatic carbocycles. The molecule has 0 saturated heterocycles. The molecule has 1 heterocycles. The molecule has 3 rings (SSSR count). The van der Waals surface area contributed by atoms with Gasteiger partial charge in [0.1, 0.15) is 17.4 Å². The van der Waals surface area contributed by atoms with Crippen LogP contribution in [0.5, 0.6) is 5.75 Å². The van der Waals surface area contributed by atoms with E-state index in [9.17, 15) is 14.0 Å². The Hall–Kier alpha value is -3.45. The Morgan fingerprint density at radius 3 is 2.63 bits per heavy atom. The highest BCUT2D eigenvalue weighted by atomic mass is 35.5. The molecule has 0 aliphatic heterocycles. The van der Waals surface area contributed by atoms with Crippen molar-refractivity contribution in [2.24, 2.45) is 0 Å². The number of hydrogen-bond acceptors (Lipinski definition) is 4. The van der Waals surface area contributed by atoms with E-state index in [1.807, 2.05) is 0 Å². The first-order valence-corrected chi connectivity index (χ1v) is 9.40. The SMILES string of the molecule is COc1cc(F)cc(N(C(C)=O)c2cc(NC(=O)Cc3ccccc3Cl)ccn2)c1. The topological polar surface area (TPSA) is 71.5 Å². The Balaban J connectivity index is 1.85. The zero-order valence-electron chi connectivity index (χ0n) is 16.4. The fourth-order valence-electron chi connectivity index (χ4n) is 2.91. The van der Waals surface area contributed by atoms with Crippen LogP contribution in [0.4, 0.5) is 21.6 Å². The van der Waals surface area contributed by atoms with E-state index in [4.69, 9.17) is 16.3 Å². The molecule has 2 amide bonds. The highest BCUT2D eigenvalue weighted by molar-refractivity contribution is 6.31. The minimum atomic E-state index is -0.556. The van der Waals surface area contributed by atoms with Crippen LogP contribution in [0.1, 0.15) is 12.5 Å². The lowest BCUT2D eigenvalue weighted by molar-refractivity contribution is -0.116. The van der Waals surface area contributed by atoms with Gasteiger partial charge in [-0.1, -0.05) is 29.8 Å². The first-order valence-electron chi connectivity index (χ1n) is 9.02. The zero-order valence-corrected chi connectivity index (χ0v) is 17.1. The molecule has 3 aromatic rings. The van der Waals surface area contributed by atoms with Gasteiger partial charge in [0.2, 0.25) is 11.8 Å². The average Bonchev–Trinajstić information content (AvgIpc) is 2.69. The predicted octanol–water partition coefficient (Wildman–Crippen LogP) is 4.75. The van der Waals surface area contributed by atoms with Crippen LogP contribution in [0.25, 0.3) is 0 Å². The number of nitrogens with zero attached hydrogens (tertiary/aromatic N) is 2. The van der Waals surface area contributed by atoms with Crippen molar-refractivity contribution in [3.05, 3.63) is 77.2 Å². The van der Waals surface area contributed by atoms with Gasteiger partial charge in [-0.2, -0.15) is 0 Å². The summed E-state index contributed by atoms with van der Waals surface area (Å²) in [6, 6.07) is 14.1. The van der Waals surface area contributed by atoms with E-state index in [-0.39, 0.29) is 35.5 Å². The van der Waals surface area contributed by atoms with Crippen molar-refractivity contribution >= 4 is 40.6 Å². The molecule has 0 atom stereocenters. The maximum absolute atomic E-state index is 13.9. The van der Waals surface area contributed by atoms with Crippen LogP contribution >= 0.6 is 11.6 Å². The summed E-state index contributed by atoms with van der Waals surface area (Å²) in [4.78, 5) is 30.1. The molecule has 8 heteroatoms. The van der Waals surface area contributed by atoms with Crippen LogP contribution in [0.2, 0.25) is 5.02 Å². The monoisotopic (exact) mass is 427 g/mol. The molecule has 0 saturated carbocycles. The fourth-order valence-corrected chi connectivity index (χ4v) is 3.11. The van der Waals surface area contributed by atoms with Gasteiger partial charge in [0.05, 0.1) is 19.2 Å². The van der Waals surface area contributed by atoms with Gasteiger partial charge in [0, 0.05) is 42.0 Å². The summed E-state index contributed by atoms with van der Waals surface area (Å²) in [6.07, 6.45) is 1.54. The Labute approximate surface area is 178 Å². The number of amides is 2. The van der Waals surface area contributed by atoms with E-state index in [0.717, 1.165) is 0 Å². The van der Waals surface area contributed by atoms with E-state index in [2.05, 4.69) is 10.3 Å². The highest BCUT2D eigenvalue weighted by Gasteiger charge is 2.18. The Kier molecular flexibility index (Phi) is 6.64. The molecule has 0 radical (unpaired) electrons. The molecule has 0 fully saturated rings. The fraction of sp³-hybridized carbons (Fsp3) is 0.136. The lowest BCUT2D eigenvalue weighted by Gasteiger charge is -2.21. The van der Waals surface area contributed by atoms with Crippen LogP contribution in [-0.2, 0) is 16.0 Å². The number of methoxy groups -OCH3 is 1. The second-order valence-electron chi connectivity index (χ2n) is 6.42. The molecule has 154 valence electrons. The maximum Gasteiger partial charge on any atom is 0.229 e. The van der Waals surface area contributed by atoms with Gasteiger partial charge >= 0.3 is 0 Å². The number of nitrogens with one attached hydrogen (secondary N) is 1. The van der Waals surface area contributed by atoms with E-state index in [0.29, 0.717) is 16.3 Å². The summed E-state index contributed by atoms with van der Waals surface area (Å²) < 4.78 is 19.0. The number of ether oxygens (including phenoxy) is 1. The van der Waals surface area contributed by atoms with Gasteiger partial charge in [0.25, 0.3) is 0 Å². The summed E-state index contributed by atoms with van der Waals surface area (Å²) in [5.41, 5.74) is 1.39. The zero-order chi connectivity index (χ0) is 21.7. The minimum Gasteiger partial charge on any atom is -0.497 e. The summed E-state index contributed by atoms with van der Waals surface area (Å²) in [5, 5.41) is 3.27. The van der Waals surface area contributed by atoms with Crippen LogP contribution in [0.3, 0.4) is 0 Å². The normalized spacial score (nSPS) is 10.4. The van der Waals surface area contributed by atoms with Crippen molar-refractivity contribution in [1.29, 1.82) is 0 Å². The van der Waals surface area contributed by atoms with Crippen molar-refractivity contribution in [2.75, 3.05) is 17.3 Å². The maximum atomic E-state index is 13.9. The number of carbonyl (C=O) groups excluding carboxylic acids is 2. The standard InChI is InChI=1S/C22H19ClFN3O3/c1-14(28)27(18-10-16(24)11-19(13-18)30-2)21-12-17(7-8-25-21)26-22(29)9-15-5-3-4-6-20(15)23/h3-8,10-13H,9H2,1-2H3,(H,25,26,29). The first kappa shape index (κ1) is 21.3.